The molecule has 1 aliphatic rings. The van der Waals surface area contributed by atoms with Crippen molar-refractivity contribution in [3.05, 3.63) is 35.4 Å². The molecule has 0 aromatic heterocycles. The molecule has 0 saturated carbocycles. The van der Waals surface area contributed by atoms with Gasteiger partial charge in [-0.15, -0.1) is 0 Å². The van der Waals surface area contributed by atoms with E-state index in [0.717, 1.165) is 25.7 Å². The lowest BCUT2D eigenvalue weighted by atomic mass is 9.65. The van der Waals surface area contributed by atoms with Gasteiger partial charge < -0.3 is 15.0 Å². The Morgan fingerprint density at radius 3 is 2.26 bits per heavy atom. The van der Waals surface area contributed by atoms with Gasteiger partial charge in [0.25, 0.3) is 0 Å². The normalized spacial score (nSPS) is 19.4. The van der Waals surface area contributed by atoms with Crippen molar-refractivity contribution in [2.45, 2.75) is 53.3 Å². The maximum atomic E-state index is 5.43. The lowest BCUT2D eigenvalue weighted by Gasteiger charge is -2.62. The first kappa shape index (κ1) is 17.8. The molecule has 0 unspecified atom stereocenters. The third-order valence-electron chi connectivity index (χ3n) is 5.30. The second-order valence-electron chi connectivity index (χ2n) is 7.38. The first-order valence-electron chi connectivity index (χ1n) is 8.45. The van der Waals surface area contributed by atoms with Crippen LogP contribution in [0.25, 0.3) is 0 Å². The van der Waals surface area contributed by atoms with Gasteiger partial charge in [0.1, 0.15) is 0 Å². The van der Waals surface area contributed by atoms with Crippen LogP contribution < -0.4 is 5.32 Å². The Morgan fingerprint density at radius 1 is 1.17 bits per heavy atom. The molecule has 1 fully saturated rings. The van der Waals surface area contributed by atoms with Crippen molar-refractivity contribution in [1.82, 2.24) is 10.2 Å². The van der Waals surface area contributed by atoms with Gasteiger partial charge in [-0.25, -0.2) is 0 Å². The molecule has 1 aromatic rings. The molecule has 4 nitrogen and oxygen atoms in total. The van der Waals surface area contributed by atoms with E-state index in [9.17, 15) is 0 Å². The van der Waals surface area contributed by atoms with Crippen LogP contribution >= 0.6 is 0 Å². The zero-order valence-corrected chi connectivity index (χ0v) is 15.4. The molecule has 0 aliphatic carbocycles. The van der Waals surface area contributed by atoms with Crippen molar-refractivity contribution in [2.24, 2.45) is 10.4 Å². The predicted octanol–water partition coefficient (Wildman–Crippen LogP) is 3.42. The highest BCUT2D eigenvalue weighted by atomic mass is 16.5. The Labute approximate surface area is 140 Å². The van der Waals surface area contributed by atoms with Crippen molar-refractivity contribution in [3.8, 4) is 0 Å². The summed E-state index contributed by atoms with van der Waals surface area (Å²) in [6.45, 7) is 14.5. The summed E-state index contributed by atoms with van der Waals surface area (Å²) in [7, 11) is 1.86. The van der Waals surface area contributed by atoms with E-state index < -0.39 is 0 Å². The number of rotatable bonds is 5. The maximum Gasteiger partial charge on any atom is 0.194 e. The Bertz CT molecular complexity index is 546. The van der Waals surface area contributed by atoms with Crippen LogP contribution in [0, 0.1) is 5.41 Å². The summed E-state index contributed by atoms with van der Waals surface area (Å²) < 4.78 is 5.43. The lowest BCUT2D eigenvalue weighted by molar-refractivity contribution is -0.0667. The number of likely N-dealkylation sites (tertiary alicyclic amines) is 1. The summed E-state index contributed by atoms with van der Waals surface area (Å²) in [5.74, 6) is 0.979. The molecule has 0 atom stereocenters. The average molecular weight is 317 g/mol. The van der Waals surface area contributed by atoms with E-state index in [1.54, 1.807) is 0 Å². The minimum atomic E-state index is 0.121. The molecular weight excluding hydrogens is 286 g/mol. The zero-order chi connectivity index (χ0) is 17.1. The minimum absolute atomic E-state index is 0.121. The lowest BCUT2D eigenvalue weighted by Crippen LogP contribution is -2.72. The van der Waals surface area contributed by atoms with Crippen molar-refractivity contribution in [3.63, 3.8) is 0 Å². The molecule has 1 N–H and O–H groups in total. The average Bonchev–Trinajstić information content (AvgIpc) is 2.53. The molecule has 0 spiro atoms. The highest BCUT2D eigenvalue weighted by Gasteiger charge is 2.53. The van der Waals surface area contributed by atoms with Crippen LogP contribution in [0.1, 0.15) is 45.7 Å². The Hall–Kier alpha value is -1.55. The third-order valence-corrected chi connectivity index (χ3v) is 5.30. The summed E-state index contributed by atoms with van der Waals surface area (Å²) in [6, 6.07) is 8.57. The molecule has 1 aliphatic heterocycles. The number of aliphatic imine (C=N–C) groups is 1. The van der Waals surface area contributed by atoms with Crippen molar-refractivity contribution < 1.29 is 4.74 Å². The highest BCUT2D eigenvalue weighted by molar-refractivity contribution is 5.82. The van der Waals surface area contributed by atoms with Crippen LogP contribution in [0.5, 0.6) is 0 Å². The maximum absolute atomic E-state index is 5.43. The van der Waals surface area contributed by atoms with Gasteiger partial charge >= 0.3 is 0 Å². The molecule has 23 heavy (non-hydrogen) atoms. The smallest absolute Gasteiger partial charge is 0.194 e. The van der Waals surface area contributed by atoms with E-state index >= 15 is 0 Å². The monoisotopic (exact) mass is 317 g/mol. The first-order valence-corrected chi connectivity index (χ1v) is 8.45. The second-order valence-corrected chi connectivity index (χ2v) is 7.38. The number of nitrogens with zero attached hydrogens (tertiary/aromatic N) is 2. The van der Waals surface area contributed by atoms with Crippen molar-refractivity contribution in [1.29, 1.82) is 0 Å². The molecular formula is C19H31N3O. The van der Waals surface area contributed by atoms with Gasteiger partial charge in [-0.2, -0.15) is 0 Å². The van der Waals surface area contributed by atoms with Gasteiger partial charge in [0, 0.05) is 37.7 Å². The van der Waals surface area contributed by atoms with E-state index in [1.165, 1.54) is 11.1 Å². The third kappa shape index (κ3) is 3.69. The van der Waals surface area contributed by atoms with Crippen LogP contribution in [-0.4, -0.2) is 36.6 Å². The van der Waals surface area contributed by atoms with Crippen molar-refractivity contribution in [2.75, 3.05) is 20.2 Å². The van der Waals surface area contributed by atoms with E-state index in [0.29, 0.717) is 12.0 Å². The van der Waals surface area contributed by atoms with Crippen LogP contribution in [0.3, 0.4) is 0 Å². The molecule has 1 saturated heterocycles. The van der Waals surface area contributed by atoms with Gasteiger partial charge in [0.05, 0.1) is 6.61 Å². The Kier molecular flexibility index (Phi) is 5.35. The minimum Gasteiger partial charge on any atom is -0.377 e. The number of hydrogen-bond acceptors (Lipinski definition) is 2. The Balaban J connectivity index is 1.92. The highest BCUT2D eigenvalue weighted by Crippen LogP contribution is 2.46. The number of ether oxygens (including phenoxy) is 1. The van der Waals surface area contributed by atoms with Gasteiger partial charge in [-0.05, 0) is 31.9 Å². The van der Waals surface area contributed by atoms with Gasteiger partial charge in [0.15, 0.2) is 5.96 Å². The van der Waals surface area contributed by atoms with Crippen LogP contribution in [0.15, 0.2) is 29.3 Å². The molecule has 1 heterocycles. The Morgan fingerprint density at radius 2 is 1.78 bits per heavy atom. The van der Waals surface area contributed by atoms with Crippen LogP contribution in [0.4, 0.5) is 0 Å². The summed E-state index contributed by atoms with van der Waals surface area (Å²) in [5, 5.41) is 3.49. The topological polar surface area (TPSA) is 36.9 Å². The summed E-state index contributed by atoms with van der Waals surface area (Å²) >= 11 is 0. The molecule has 1 aromatic carbocycles. The molecule has 4 heteroatoms. The fraction of sp³-hybridized carbons (Fsp3) is 0.632. The molecule has 128 valence electrons. The van der Waals surface area contributed by atoms with Crippen molar-refractivity contribution >= 4 is 5.96 Å². The predicted molar refractivity (Wildman–Crippen MR) is 96.5 cm³/mol. The molecule has 0 radical (unpaired) electrons. The molecule has 0 bridgehead atoms. The van der Waals surface area contributed by atoms with Gasteiger partial charge in [-0.3, -0.25) is 4.99 Å². The standard InChI is InChI=1S/C19H31N3O/c1-7-23-13-16-10-8-15(9-11-16)12-21-17(20-6)22-14-18(2,3)19(22,4)5/h8-11H,7,12-14H2,1-6H3,(H,20,21). The van der Waals surface area contributed by atoms with Crippen LogP contribution in [0.2, 0.25) is 0 Å². The SMILES string of the molecule is CCOCc1ccc(CNC(=NC)N2CC(C)(C)C2(C)C)cc1. The summed E-state index contributed by atoms with van der Waals surface area (Å²) in [4.78, 5) is 6.81. The van der Waals surface area contributed by atoms with E-state index in [-0.39, 0.29) is 5.54 Å². The molecule has 0 amide bonds. The number of nitrogens with one attached hydrogen (secondary N) is 1. The zero-order valence-electron chi connectivity index (χ0n) is 15.4. The first-order chi connectivity index (χ1) is 10.8. The summed E-state index contributed by atoms with van der Waals surface area (Å²) in [6.07, 6.45) is 0. The fourth-order valence-electron chi connectivity index (χ4n) is 2.85. The quantitative estimate of drug-likeness (QED) is 0.668. The fourth-order valence-corrected chi connectivity index (χ4v) is 2.85. The number of guanidine groups is 1. The van der Waals surface area contributed by atoms with Gasteiger partial charge in [-0.1, -0.05) is 38.1 Å². The van der Waals surface area contributed by atoms with Crippen LogP contribution in [-0.2, 0) is 17.9 Å². The largest absolute Gasteiger partial charge is 0.377 e. The number of hydrogen-bond donors (Lipinski definition) is 1. The van der Waals surface area contributed by atoms with E-state index in [4.69, 9.17) is 4.74 Å². The summed E-state index contributed by atoms with van der Waals surface area (Å²) in [5.41, 5.74) is 2.90. The van der Waals surface area contributed by atoms with E-state index in [1.807, 2.05) is 14.0 Å². The second kappa shape index (κ2) is 6.91. The number of benzene rings is 1. The van der Waals surface area contributed by atoms with E-state index in [2.05, 4.69) is 67.2 Å². The van der Waals surface area contributed by atoms with Gasteiger partial charge in [0.2, 0.25) is 0 Å². The molecule has 2 rings (SSSR count).